The van der Waals surface area contributed by atoms with Gasteiger partial charge in [-0.15, -0.1) is 0 Å². The molecule has 0 aromatic rings. The number of rotatable bonds is 6. The fourth-order valence-electron chi connectivity index (χ4n) is 2.77. The summed E-state index contributed by atoms with van der Waals surface area (Å²) in [5.41, 5.74) is 0. The van der Waals surface area contributed by atoms with Crippen LogP contribution in [0, 0.1) is 17.8 Å². The van der Waals surface area contributed by atoms with Crippen molar-refractivity contribution in [2.75, 3.05) is 26.2 Å². The monoisotopic (exact) mass is 236 g/mol. The lowest BCUT2D eigenvalue weighted by Crippen LogP contribution is -2.36. The van der Waals surface area contributed by atoms with Crippen LogP contribution < -0.4 is 5.32 Å². The summed E-state index contributed by atoms with van der Waals surface area (Å²) < 4.78 is 0. The molecule has 1 heterocycles. The molecule has 0 aromatic carbocycles. The van der Waals surface area contributed by atoms with E-state index in [1.54, 1.807) is 0 Å². The Morgan fingerprint density at radius 3 is 2.12 bits per heavy atom. The van der Waals surface area contributed by atoms with Crippen molar-refractivity contribution in [1.29, 1.82) is 0 Å². The molecule has 1 unspecified atom stereocenters. The number of carbonyl (C=O) groups excluding carboxylic acids is 1. The van der Waals surface area contributed by atoms with Gasteiger partial charge in [-0.3, -0.25) is 4.79 Å². The van der Waals surface area contributed by atoms with E-state index >= 15 is 0 Å². The zero-order chi connectivity index (χ0) is 11.7. The minimum absolute atomic E-state index is 0.428. The highest BCUT2D eigenvalue weighted by Crippen LogP contribution is 2.34. The highest BCUT2D eigenvalue weighted by molar-refractivity contribution is 5.76. The van der Waals surface area contributed by atoms with E-state index in [0.29, 0.717) is 11.8 Å². The fraction of sp³-hybridized carbons (Fsp3) is 0.929. The van der Waals surface area contributed by atoms with Crippen LogP contribution in [-0.4, -0.2) is 37.0 Å². The predicted molar refractivity (Wildman–Crippen MR) is 67.6 cm³/mol. The van der Waals surface area contributed by atoms with Gasteiger partial charge in [0, 0.05) is 19.5 Å². The van der Waals surface area contributed by atoms with Gasteiger partial charge in [0.1, 0.15) is 0 Å². The Balaban J connectivity index is 1.49. The average molecular weight is 236 g/mol. The quantitative estimate of drug-likeness (QED) is 0.760. The molecule has 2 aliphatic carbocycles. The van der Waals surface area contributed by atoms with Gasteiger partial charge in [-0.05, 0) is 62.9 Å². The van der Waals surface area contributed by atoms with Gasteiger partial charge in [-0.2, -0.15) is 0 Å². The van der Waals surface area contributed by atoms with Gasteiger partial charge < -0.3 is 10.2 Å². The van der Waals surface area contributed by atoms with Gasteiger partial charge in [0.05, 0.1) is 0 Å². The average Bonchev–Trinajstić information content (AvgIpc) is 3.23. The normalized spacial score (nSPS) is 28.4. The maximum absolute atomic E-state index is 12.3. The lowest BCUT2D eigenvalue weighted by atomic mass is 10.0. The minimum Gasteiger partial charge on any atom is -0.342 e. The van der Waals surface area contributed by atoms with Gasteiger partial charge >= 0.3 is 0 Å². The number of hydrogen-bond acceptors (Lipinski definition) is 2. The molecule has 3 aliphatic rings. The summed E-state index contributed by atoms with van der Waals surface area (Å²) in [5, 5.41) is 3.35. The summed E-state index contributed by atoms with van der Waals surface area (Å²) in [6.07, 6.45) is 7.36. The lowest BCUT2D eigenvalue weighted by Gasteiger charge is -2.24. The molecular formula is C14H24N2O. The van der Waals surface area contributed by atoms with Crippen LogP contribution in [0.3, 0.4) is 0 Å². The molecular weight excluding hydrogens is 212 g/mol. The second kappa shape index (κ2) is 4.97. The summed E-state index contributed by atoms with van der Waals surface area (Å²) in [7, 11) is 0. The van der Waals surface area contributed by atoms with E-state index in [1.165, 1.54) is 32.1 Å². The number of amides is 1. The first-order valence-corrected chi connectivity index (χ1v) is 7.30. The maximum Gasteiger partial charge on any atom is 0.222 e. The third-order valence-electron chi connectivity index (χ3n) is 4.33. The molecule has 0 aromatic heterocycles. The van der Waals surface area contributed by atoms with E-state index in [-0.39, 0.29) is 0 Å². The standard InChI is InChI=1S/C14H24N2O/c17-14(7-13-5-6-15-8-13)16(9-11-1-2-11)10-12-3-4-12/h11-13,15H,1-10H2. The van der Waals surface area contributed by atoms with Crippen molar-refractivity contribution in [3.63, 3.8) is 0 Å². The molecule has 3 nitrogen and oxygen atoms in total. The van der Waals surface area contributed by atoms with E-state index in [9.17, 15) is 4.79 Å². The van der Waals surface area contributed by atoms with Crippen LogP contribution in [0.2, 0.25) is 0 Å². The van der Waals surface area contributed by atoms with Gasteiger partial charge in [0.2, 0.25) is 5.91 Å². The SMILES string of the molecule is O=C(CC1CCNC1)N(CC1CC1)CC1CC1. The summed E-state index contributed by atoms with van der Waals surface area (Å²) in [6.45, 7) is 4.25. The van der Waals surface area contributed by atoms with E-state index in [4.69, 9.17) is 0 Å². The smallest absolute Gasteiger partial charge is 0.222 e. The molecule has 96 valence electrons. The fourth-order valence-corrected chi connectivity index (χ4v) is 2.77. The minimum atomic E-state index is 0.428. The Bertz CT molecular complexity index is 264. The molecule has 1 aliphatic heterocycles. The first-order valence-electron chi connectivity index (χ1n) is 7.30. The van der Waals surface area contributed by atoms with Crippen LogP contribution >= 0.6 is 0 Å². The molecule has 1 N–H and O–H groups in total. The van der Waals surface area contributed by atoms with Crippen molar-refractivity contribution in [2.45, 2.75) is 38.5 Å². The summed E-state index contributed by atoms with van der Waals surface area (Å²) in [6, 6.07) is 0. The Hall–Kier alpha value is -0.570. The van der Waals surface area contributed by atoms with Crippen molar-refractivity contribution >= 4 is 5.91 Å². The Kier molecular flexibility index (Phi) is 3.37. The van der Waals surface area contributed by atoms with Crippen LogP contribution in [0.1, 0.15) is 38.5 Å². The zero-order valence-corrected chi connectivity index (χ0v) is 10.7. The maximum atomic E-state index is 12.3. The van der Waals surface area contributed by atoms with E-state index in [1.807, 2.05) is 0 Å². The van der Waals surface area contributed by atoms with Crippen molar-refractivity contribution in [2.24, 2.45) is 17.8 Å². The summed E-state index contributed by atoms with van der Waals surface area (Å²) in [5.74, 6) is 2.69. The van der Waals surface area contributed by atoms with Crippen LogP contribution in [0.5, 0.6) is 0 Å². The van der Waals surface area contributed by atoms with Crippen molar-refractivity contribution < 1.29 is 4.79 Å². The number of hydrogen-bond donors (Lipinski definition) is 1. The number of nitrogens with zero attached hydrogens (tertiary/aromatic N) is 1. The van der Waals surface area contributed by atoms with Crippen LogP contribution in [-0.2, 0) is 4.79 Å². The van der Waals surface area contributed by atoms with Crippen molar-refractivity contribution in [3.05, 3.63) is 0 Å². The lowest BCUT2D eigenvalue weighted by molar-refractivity contribution is -0.132. The van der Waals surface area contributed by atoms with E-state index in [0.717, 1.165) is 44.4 Å². The molecule has 3 heteroatoms. The van der Waals surface area contributed by atoms with Gasteiger partial charge in [0.25, 0.3) is 0 Å². The third kappa shape index (κ3) is 3.44. The molecule has 1 atom stereocenters. The molecule has 1 amide bonds. The highest BCUT2D eigenvalue weighted by atomic mass is 16.2. The third-order valence-corrected chi connectivity index (χ3v) is 4.33. The first kappa shape index (κ1) is 11.5. The highest BCUT2D eigenvalue weighted by Gasteiger charge is 2.32. The molecule has 2 saturated carbocycles. The Morgan fingerprint density at radius 1 is 1.00 bits per heavy atom. The second-order valence-corrected chi connectivity index (χ2v) is 6.25. The molecule has 1 saturated heterocycles. The topological polar surface area (TPSA) is 32.3 Å². The van der Waals surface area contributed by atoms with Crippen LogP contribution in [0.4, 0.5) is 0 Å². The van der Waals surface area contributed by atoms with Gasteiger partial charge in [0.15, 0.2) is 0 Å². The summed E-state index contributed by atoms with van der Waals surface area (Å²) in [4.78, 5) is 14.5. The largest absolute Gasteiger partial charge is 0.342 e. The molecule has 0 spiro atoms. The zero-order valence-electron chi connectivity index (χ0n) is 10.7. The molecule has 0 radical (unpaired) electrons. The number of nitrogens with one attached hydrogen (secondary N) is 1. The molecule has 0 bridgehead atoms. The van der Waals surface area contributed by atoms with Crippen molar-refractivity contribution in [1.82, 2.24) is 10.2 Å². The van der Waals surface area contributed by atoms with Crippen LogP contribution in [0.15, 0.2) is 0 Å². The Labute approximate surface area is 104 Å². The summed E-state index contributed by atoms with van der Waals surface area (Å²) >= 11 is 0. The van der Waals surface area contributed by atoms with E-state index in [2.05, 4.69) is 10.2 Å². The van der Waals surface area contributed by atoms with Crippen LogP contribution in [0.25, 0.3) is 0 Å². The number of carbonyl (C=O) groups is 1. The van der Waals surface area contributed by atoms with Crippen molar-refractivity contribution in [3.8, 4) is 0 Å². The predicted octanol–water partition coefficient (Wildman–Crippen LogP) is 1.63. The van der Waals surface area contributed by atoms with Gasteiger partial charge in [-0.1, -0.05) is 0 Å². The first-order chi connectivity index (χ1) is 8.31. The molecule has 17 heavy (non-hydrogen) atoms. The second-order valence-electron chi connectivity index (χ2n) is 6.25. The Morgan fingerprint density at radius 2 is 1.65 bits per heavy atom. The molecule has 3 rings (SSSR count). The van der Waals surface area contributed by atoms with E-state index < -0.39 is 0 Å². The molecule has 3 fully saturated rings. The van der Waals surface area contributed by atoms with Gasteiger partial charge in [-0.25, -0.2) is 0 Å².